The fraction of sp³-hybridized carbons (Fsp3) is 0.0833. The molecule has 0 atom stereocenters. The van der Waals surface area contributed by atoms with E-state index in [0.717, 1.165) is 0 Å². The van der Waals surface area contributed by atoms with Gasteiger partial charge in [0.05, 0.1) is 4.92 Å². The van der Waals surface area contributed by atoms with Gasteiger partial charge in [-0.3, -0.25) is 10.1 Å². The van der Waals surface area contributed by atoms with Gasteiger partial charge >= 0.3 is 5.69 Å². The van der Waals surface area contributed by atoms with E-state index in [9.17, 15) is 10.1 Å². The minimum Gasteiger partial charge on any atom is -0.431 e. The van der Waals surface area contributed by atoms with Gasteiger partial charge in [-0.2, -0.15) is 0 Å². The number of ether oxygens (including phenoxy) is 1. The molecule has 6 nitrogen and oxygen atoms in total. The van der Waals surface area contributed by atoms with Gasteiger partial charge in [0.25, 0.3) is 0 Å². The van der Waals surface area contributed by atoms with Gasteiger partial charge in [0.2, 0.25) is 11.6 Å². The number of nitro groups is 1. The molecule has 7 heteroatoms. The predicted octanol–water partition coefficient (Wildman–Crippen LogP) is 2.89. The van der Waals surface area contributed by atoms with E-state index in [-0.39, 0.29) is 28.9 Å². The smallest absolute Gasteiger partial charge is 0.313 e. The van der Waals surface area contributed by atoms with Crippen molar-refractivity contribution < 1.29 is 9.66 Å². The third-order valence-electron chi connectivity index (χ3n) is 2.39. The van der Waals surface area contributed by atoms with E-state index >= 15 is 0 Å². The molecule has 0 spiro atoms. The molecular weight excluding hydrogens is 270 g/mol. The Morgan fingerprint density at radius 3 is 2.89 bits per heavy atom. The van der Waals surface area contributed by atoms with E-state index in [1.54, 1.807) is 12.1 Å². The SMILES string of the molecule is NCc1cccnc1Oc1ccc(Cl)cc1[N+](=O)[O-]. The number of pyridine rings is 1. The second-order valence-corrected chi connectivity index (χ2v) is 4.08. The van der Waals surface area contributed by atoms with Crippen LogP contribution in [0, 0.1) is 10.1 Å². The fourth-order valence-corrected chi connectivity index (χ4v) is 1.66. The van der Waals surface area contributed by atoms with Gasteiger partial charge in [-0.1, -0.05) is 17.7 Å². The van der Waals surface area contributed by atoms with Crippen molar-refractivity contribution in [1.82, 2.24) is 4.98 Å². The van der Waals surface area contributed by atoms with Gasteiger partial charge in [-0.15, -0.1) is 0 Å². The number of nitrogens with zero attached hydrogens (tertiary/aromatic N) is 2. The number of benzene rings is 1. The van der Waals surface area contributed by atoms with E-state index in [0.29, 0.717) is 5.56 Å². The molecule has 0 aliphatic heterocycles. The fourth-order valence-electron chi connectivity index (χ4n) is 1.50. The zero-order chi connectivity index (χ0) is 13.8. The summed E-state index contributed by atoms with van der Waals surface area (Å²) >= 11 is 5.73. The lowest BCUT2D eigenvalue weighted by molar-refractivity contribution is -0.385. The molecular formula is C12H10ClN3O3. The number of nitrogens with two attached hydrogens (primary N) is 1. The minimum absolute atomic E-state index is 0.0720. The summed E-state index contributed by atoms with van der Waals surface area (Å²) in [6.07, 6.45) is 1.52. The van der Waals surface area contributed by atoms with Gasteiger partial charge in [-0.05, 0) is 18.2 Å². The van der Waals surface area contributed by atoms with Crippen molar-refractivity contribution in [3.8, 4) is 11.6 Å². The minimum atomic E-state index is -0.563. The van der Waals surface area contributed by atoms with Crippen LogP contribution >= 0.6 is 11.6 Å². The van der Waals surface area contributed by atoms with Gasteiger partial charge in [0.15, 0.2) is 0 Å². The average Bonchev–Trinajstić information content (AvgIpc) is 2.41. The maximum atomic E-state index is 10.9. The lowest BCUT2D eigenvalue weighted by Gasteiger charge is -2.08. The van der Waals surface area contributed by atoms with Crippen LogP contribution in [-0.2, 0) is 6.54 Å². The van der Waals surface area contributed by atoms with Crippen LogP contribution in [0.15, 0.2) is 36.5 Å². The van der Waals surface area contributed by atoms with Crippen LogP contribution in [-0.4, -0.2) is 9.91 Å². The molecule has 19 heavy (non-hydrogen) atoms. The molecule has 2 rings (SSSR count). The molecule has 0 unspecified atom stereocenters. The Bertz CT molecular complexity index is 619. The van der Waals surface area contributed by atoms with Crippen LogP contribution in [0.4, 0.5) is 5.69 Å². The summed E-state index contributed by atoms with van der Waals surface area (Å²) in [6.45, 7) is 0.227. The summed E-state index contributed by atoms with van der Waals surface area (Å²) in [6, 6.07) is 7.61. The van der Waals surface area contributed by atoms with Crippen molar-refractivity contribution in [2.75, 3.05) is 0 Å². The number of halogens is 1. The zero-order valence-electron chi connectivity index (χ0n) is 9.75. The van der Waals surface area contributed by atoms with E-state index in [2.05, 4.69) is 4.98 Å². The van der Waals surface area contributed by atoms with Crippen molar-refractivity contribution in [2.24, 2.45) is 5.73 Å². The first-order valence-electron chi connectivity index (χ1n) is 5.37. The standard InChI is InChI=1S/C12H10ClN3O3/c13-9-3-4-11(10(6-9)16(17)18)19-12-8(7-14)2-1-5-15-12/h1-6H,7,14H2. The molecule has 0 saturated heterocycles. The van der Waals surface area contributed by atoms with E-state index in [1.807, 2.05) is 0 Å². The van der Waals surface area contributed by atoms with E-state index in [4.69, 9.17) is 22.1 Å². The van der Waals surface area contributed by atoms with E-state index in [1.165, 1.54) is 24.4 Å². The highest BCUT2D eigenvalue weighted by Crippen LogP contribution is 2.33. The molecule has 0 bridgehead atoms. The molecule has 1 aromatic heterocycles. The van der Waals surface area contributed by atoms with Crippen LogP contribution in [0.25, 0.3) is 0 Å². The highest BCUT2D eigenvalue weighted by atomic mass is 35.5. The summed E-state index contributed by atoms with van der Waals surface area (Å²) in [5.41, 5.74) is 5.99. The van der Waals surface area contributed by atoms with Crippen molar-refractivity contribution in [1.29, 1.82) is 0 Å². The molecule has 0 fully saturated rings. The number of nitro benzene ring substituents is 1. The summed E-state index contributed by atoms with van der Waals surface area (Å²) in [7, 11) is 0. The second-order valence-electron chi connectivity index (χ2n) is 3.64. The Morgan fingerprint density at radius 2 is 2.21 bits per heavy atom. The number of hydrogen-bond donors (Lipinski definition) is 1. The number of aromatic nitrogens is 1. The quantitative estimate of drug-likeness (QED) is 0.686. The first-order valence-corrected chi connectivity index (χ1v) is 5.75. The van der Waals surface area contributed by atoms with Gasteiger partial charge in [0, 0.05) is 29.4 Å². The van der Waals surface area contributed by atoms with Crippen molar-refractivity contribution in [3.63, 3.8) is 0 Å². The molecule has 0 aliphatic carbocycles. The van der Waals surface area contributed by atoms with Crippen molar-refractivity contribution >= 4 is 17.3 Å². The van der Waals surface area contributed by atoms with Gasteiger partial charge in [0.1, 0.15) is 0 Å². The van der Waals surface area contributed by atoms with Gasteiger partial charge in [-0.25, -0.2) is 4.98 Å². The van der Waals surface area contributed by atoms with Crippen LogP contribution in [0.3, 0.4) is 0 Å². The number of hydrogen-bond acceptors (Lipinski definition) is 5. The lowest BCUT2D eigenvalue weighted by atomic mass is 10.2. The predicted molar refractivity (Wildman–Crippen MR) is 70.3 cm³/mol. The Hall–Kier alpha value is -2.18. The first kappa shape index (κ1) is 13.3. The first-order chi connectivity index (χ1) is 9.11. The Labute approximate surface area is 113 Å². The average molecular weight is 280 g/mol. The maximum absolute atomic E-state index is 10.9. The Kier molecular flexibility index (Phi) is 3.94. The monoisotopic (exact) mass is 279 g/mol. The normalized spacial score (nSPS) is 10.2. The Balaban J connectivity index is 2.41. The summed E-state index contributed by atoms with van der Waals surface area (Å²) in [5.74, 6) is 0.318. The molecule has 2 aromatic rings. The molecule has 0 amide bonds. The summed E-state index contributed by atoms with van der Waals surface area (Å²) in [5, 5.41) is 11.2. The highest BCUT2D eigenvalue weighted by Gasteiger charge is 2.17. The molecule has 1 aromatic carbocycles. The summed E-state index contributed by atoms with van der Waals surface area (Å²) in [4.78, 5) is 14.4. The zero-order valence-corrected chi connectivity index (χ0v) is 10.5. The molecule has 0 radical (unpaired) electrons. The maximum Gasteiger partial charge on any atom is 0.313 e. The van der Waals surface area contributed by atoms with Crippen LogP contribution < -0.4 is 10.5 Å². The highest BCUT2D eigenvalue weighted by molar-refractivity contribution is 6.30. The third kappa shape index (κ3) is 2.98. The molecule has 1 heterocycles. The molecule has 0 aliphatic rings. The Morgan fingerprint density at radius 1 is 1.42 bits per heavy atom. The van der Waals surface area contributed by atoms with Crippen LogP contribution in [0.5, 0.6) is 11.6 Å². The molecule has 98 valence electrons. The number of rotatable bonds is 4. The second kappa shape index (κ2) is 5.64. The van der Waals surface area contributed by atoms with Crippen molar-refractivity contribution in [3.05, 3.63) is 57.2 Å². The molecule has 0 saturated carbocycles. The van der Waals surface area contributed by atoms with Gasteiger partial charge < -0.3 is 10.5 Å². The lowest BCUT2D eigenvalue weighted by Crippen LogP contribution is -2.02. The topological polar surface area (TPSA) is 91.3 Å². The third-order valence-corrected chi connectivity index (χ3v) is 2.63. The van der Waals surface area contributed by atoms with Crippen LogP contribution in [0.1, 0.15) is 5.56 Å². The van der Waals surface area contributed by atoms with Crippen molar-refractivity contribution in [2.45, 2.75) is 6.54 Å². The van der Waals surface area contributed by atoms with E-state index < -0.39 is 4.92 Å². The van der Waals surface area contributed by atoms with Crippen LogP contribution in [0.2, 0.25) is 5.02 Å². The molecule has 2 N–H and O–H groups in total. The summed E-state index contributed by atoms with van der Waals surface area (Å²) < 4.78 is 5.46. The largest absolute Gasteiger partial charge is 0.431 e.